The largest absolute Gasteiger partial charge is 0.0843 e. The van der Waals surface area contributed by atoms with Crippen LogP contribution in [0.15, 0.2) is 42.5 Å². The summed E-state index contributed by atoms with van der Waals surface area (Å²) >= 11 is 8.14. The molecule has 2 heteroatoms. The van der Waals surface area contributed by atoms with Crippen molar-refractivity contribution in [1.82, 2.24) is 0 Å². The summed E-state index contributed by atoms with van der Waals surface area (Å²) in [5, 5.41) is 0.770. The summed E-state index contributed by atoms with van der Waals surface area (Å²) in [7, 11) is 0. The maximum absolute atomic E-state index is 5.83. The van der Waals surface area contributed by atoms with Gasteiger partial charge in [-0.25, -0.2) is 0 Å². The Morgan fingerprint density at radius 3 is 2.43 bits per heavy atom. The van der Waals surface area contributed by atoms with E-state index >= 15 is 0 Å². The summed E-state index contributed by atoms with van der Waals surface area (Å²) in [5.41, 5.74) is 2.41. The van der Waals surface area contributed by atoms with Gasteiger partial charge in [0, 0.05) is 8.59 Å². The molecule has 0 nitrogen and oxygen atoms in total. The van der Waals surface area contributed by atoms with Gasteiger partial charge in [0.05, 0.1) is 0 Å². The lowest BCUT2D eigenvalue weighted by molar-refractivity contribution is 1.57. The van der Waals surface area contributed by atoms with Gasteiger partial charge >= 0.3 is 0 Å². The Morgan fingerprint density at radius 2 is 1.79 bits per heavy atom. The maximum Gasteiger partial charge on any atom is 0.0406 e. The van der Waals surface area contributed by atoms with Gasteiger partial charge in [-0.1, -0.05) is 35.9 Å². The molecular weight excluding hydrogens is 306 g/mol. The minimum atomic E-state index is 0.770. The smallest absolute Gasteiger partial charge is 0.0406 e. The Labute approximate surface area is 102 Å². The van der Waals surface area contributed by atoms with Crippen LogP contribution in [0.1, 0.15) is 0 Å². The molecule has 14 heavy (non-hydrogen) atoms. The van der Waals surface area contributed by atoms with Crippen LogP contribution in [0, 0.1) is 9.64 Å². The van der Waals surface area contributed by atoms with Gasteiger partial charge < -0.3 is 0 Å². The topological polar surface area (TPSA) is 0 Å². The lowest BCUT2D eigenvalue weighted by Gasteiger charge is -2.03. The number of hydrogen-bond acceptors (Lipinski definition) is 0. The molecule has 1 radical (unpaired) electrons. The van der Waals surface area contributed by atoms with E-state index in [4.69, 9.17) is 11.6 Å². The third-order valence-electron chi connectivity index (χ3n) is 1.97. The zero-order valence-electron chi connectivity index (χ0n) is 7.30. The maximum atomic E-state index is 5.83. The number of rotatable bonds is 1. The normalized spacial score (nSPS) is 10.1. The van der Waals surface area contributed by atoms with Crippen LogP contribution in [0.5, 0.6) is 0 Å². The predicted molar refractivity (Wildman–Crippen MR) is 68.4 cm³/mol. The molecule has 0 N–H and O–H groups in total. The zero-order chi connectivity index (χ0) is 9.97. The Morgan fingerprint density at radius 1 is 1.07 bits per heavy atom. The molecule has 0 heterocycles. The van der Waals surface area contributed by atoms with Crippen LogP contribution in [0.4, 0.5) is 0 Å². The molecule has 0 aliphatic rings. The molecule has 0 bridgehead atoms. The highest BCUT2D eigenvalue weighted by Gasteiger charge is 2.00. The summed E-state index contributed by atoms with van der Waals surface area (Å²) < 4.78 is 1.20. The summed E-state index contributed by atoms with van der Waals surface area (Å²) in [4.78, 5) is 0. The standard InChI is InChI=1S/C12H7ClI/c13-10-7-5-9(6-8-10)11-3-1-2-4-12(11)14/h1,3-8H. The fourth-order valence-corrected chi connectivity index (χ4v) is 2.07. The van der Waals surface area contributed by atoms with Crippen LogP contribution < -0.4 is 0 Å². The highest BCUT2D eigenvalue weighted by Crippen LogP contribution is 2.25. The highest BCUT2D eigenvalue weighted by molar-refractivity contribution is 14.1. The Bertz CT molecular complexity index is 434. The molecule has 0 fully saturated rings. The number of halogens is 2. The Balaban J connectivity index is 2.50. The predicted octanol–water partition coefficient (Wildman–Crippen LogP) is 4.41. The van der Waals surface area contributed by atoms with E-state index in [0.29, 0.717) is 0 Å². The van der Waals surface area contributed by atoms with E-state index in [1.54, 1.807) is 0 Å². The van der Waals surface area contributed by atoms with E-state index in [2.05, 4.69) is 34.7 Å². The molecule has 0 saturated heterocycles. The quantitative estimate of drug-likeness (QED) is 0.684. The molecule has 2 rings (SSSR count). The molecule has 0 aromatic heterocycles. The molecule has 0 atom stereocenters. The van der Waals surface area contributed by atoms with E-state index < -0.39 is 0 Å². The van der Waals surface area contributed by atoms with Crippen molar-refractivity contribution in [1.29, 1.82) is 0 Å². The summed E-state index contributed by atoms with van der Waals surface area (Å²) in [6, 6.07) is 16.9. The molecule has 2 aromatic carbocycles. The summed E-state index contributed by atoms with van der Waals surface area (Å²) in [5.74, 6) is 0. The molecule has 0 aliphatic carbocycles. The number of hydrogen-bond donors (Lipinski definition) is 0. The monoisotopic (exact) mass is 313 g/mol. The lowest BCUT2D eigenvalue weighted by Crippen LogP contribution is -1.81. The second-order valence-electron chi connectivity index (χ2n) is 2.91. The van der Waals surface area contributed by atoms with E-state index in [1.807, 2.05) is 36.4 Å². The molecular formula is C12H7ClI. The summed E-state index contributed by atoms with van der Waals surface area (Å²) in [6.07, 6.45) is 0. The fourth-order valence-electron chi connectivity index (χ4n) is 1.27. The van der Waals surface area contributed by atoms with Crippen LogP contribution in [0.3, 0.4) is 0 Å². The molecule has 0 spiro atoms. The second-order valence-corrected chi connectivity index (χ2v) is 4.51. The van der Waals surface area contributed by atoms with Crippen LogP contribution in [0.25, 0.3) is 11.1 Å². The first-order chi connectivity index (χ1) is 6.77. The van der Waals surface area contributed by atoms with Crippen molar-refractivity contribution < 1.29 is 0 Å². The van der Waals surface area contributed by atoms with Crippen molar-refractivity contribution in [3.63, 3.8) is 0 Å². The van der Waals surface area contributed by atoms with Crippen molar-refractivity contribution in [2.24, 2.45) is 0 Å². The third-order valence-corrected chi connectivity index (χ3v) is 3.11. The highest BCUT2D eigenvalue weighted by atomic mass is 127. The van der Waals surface area contributed by atoms with Gasteiger partial charge in [-0.3, -0.25) is 0 Å². The molecule has 0 aliphatic heterocycles. The second kappa shape index (κ2) is 4.32. The lowest BCUT2D eigenvalue weighted by atomic mass is 10.1. The van der Waals surface area contributed by atoms with Gasteiger partial charge in [0.1, 0.15) is 0 Å². The van der Waals surface area contributed by atoms with Crippen molar-refractivity contribution in [2.45, 2.75) is 0 Å². The number of benzene rings is 2. The van der Waals surface area contributed by atoms with Crippen molar-refractivity contribution in [3.8, 4) is 11.1 Å². The minimum Gasteiger partial charge on any atom is -0.0843 e. The molecule has 0 amide bonds. The fraction of sp³-hybridized carbons (Fsp3) is 0. The Hall–Kier alpha value is -0.540. The van der Waals surface area contributed by atoms with Crippen molar-refractivity contribution in [3.05, 3.63) is 57.1 Å². The van der Waals surface area contributed by atoms with Gasteiger partial charge in [-0.05, 0) is 58.0 Å². The van der Waals surface area contributed by atoms with Gasteiger partial charge in [-0.2, -0.15) is 0 Å². The average molecular weight is 314 g/mol. The van der Waals surface area contributed by atoms with E-state index in [0.717, 1.165) is 5.02 Å². The van der Waals surface area contributed by atoms with Gasteiger partial charge in [-0.15, -0.1) is 0 Å². The van der Waals surface area contributed by atoms with Gasteiger partial charge in [0.2, 0.25) is 0 Å². The van der Waals surface area contributed by atoms with Crippen molar-refractivity contribution in [2.75, 3.05) is 0 Å². The van der Waals surface area contributed by atoms with Gasteiger partial charge in [0.25, 0.3) is 0 Å². The van der Waals surface area contributed by atoms with E-state index in [9.17, 15) is 0 Å². The molecule has 69 valence electrons. The Kier molecular flexibility index (Phi) is 3.08. The first-order valence-electron chi connectivity index (χ1n) is 4.19. The van der Waals surface area contributed by atoms with E-state index in [-0.39, 0.29) is 0 Å². The third kappa shape index (κ3) is 2.10. The van der Waals surface area contributed by atoms with Crippen LogP contribution in [0.2, 0.25) is 5.02 Å². The van der Waals surface area contributed by atoms with Crippen molar-refractivity contribution >= 4 is 34.2 Å². The average Bonchev–Trinajstić information content (AvgIpc) is 2.20. The van der Waals surface area contributed by atoms with E-state index in [1.165, 1.54) is 14.7 Å². The first-order valence-corrected chi connectivity index (χ1v) is 5.64. The summed E-state index contributed by atoms with van der Waals surface area (Å²) in [6.45, 7) is 0. The van der Waals surface area contributed by atoms with Crippen LogP contribution >= 0.6 is 34.2 Å². The minimum absolute atomic E-state index is 0.770. The molecule has 0 unspecified atom stereocenters. The molecule has 2 aromatic rings. The molecule has 0 saturated carbocycles. The van der Waals surface area contributed by atoms with Crippen LogP contribution in [-0.4, -0.2) is 0 Å². The SMILES string of the molecule is Clc1ccc(-c2cc[c]cc2I)cc1. The first kappa shape index (κ1) is 9.99. The van der Waals surface area contributed by atoms with Crippen LogP contribution in [-0.2, 0) is 0 Å². The zero-order valence-corrected chi connectivity index (χ0v) is 10.2. The van der Waals surface area contributed by atoms with Gasteiger partial charge in [0.15, 0.2) is 0 Å².